The Balaban J connectivity index is 2.37. The van der Waals surface area contributed by atoms with Gasteiger partial charge in [-0.3, -0.25) is 0 Å². The molecule has 1 N–H and O–H groups in total. The van der Waals surface area contributed by atoms with Gasteiger partial charge in [-0.2, -0.15) is 0 Å². The molecule has 0 atom stereocenters. The summed E-state index contributed by atoms with van der Waals surface area (Å²) in [7, 11) is -3.75. The molecule has 0 fully saturated rings. The molecule has 5 nitrogen and oxygen atoms in total. The minimum atomic E-state index is -3.75. The number of sulfonamides is 1. The lowest BCUT2D eigenvalue weighted by molar-refractivity contribution is 0.0986. The number of nitrogens with one attached hydrogen (secondary N) is 1. The molecular weight excluding hydrogens is 261 g/mol. The molecular formula is C11H14FNO4S. The third kappa shape index (κ3) is 3.18. The second kappa shape index (κ2) is 5.64. The number of fused-ring (bicyclic) bond motifs is 1. The molecule has 0 saturated carbocycles. The second-order valence-electron chi connectivity index (χ2n) is 3.80. The molecule has 0 spiro atoms. The minimum absolute atomic E-state index is 0.134. The molecule has 0 amide bonds. The van der Waals surface area contributed by atoms with Crippen molar-refractivity contribution in [3.8, 4) is 5.75 Å². The Hall–Kier alpha value is -1.18. The van der Waals surface area contributed by atoms with Crippen LogP contribution < -0.4 is 9.46 Å². The predicted octanol–water partition coefficient (Wildman–Crippen LogP) is 0.903. The lowest BCUT2D eigenvalue weighted by atomic mass is 10.3. The van der Waals surface area contributed by atoms with Gasteiger partial charge in [0.15, 0.2) is 0 Å². The van der Waals surface area contributed by atoms with E-state index >= 15 is 0 Å². The van der Waals surface area contributed by atoms with E-state index in [4.69, 9.17) is 9.47 Å². The van der Waals surface area contributed by atoms with Crippen LogP contribution in [0.4, 0.5) is 4.39 Å². The van der Waals surface area contributed by atoms with Gasteiger partial charge in [0, 0.05) is 13.2 Å². The third-order valence-corrected chi connectivity index (χ3v) is 3.92. The molecule has 0 radical (unpaired) electrons. The summed E-state index contributed by atoms with van der Waals surface area (Å²) in [4.78, 5) is -0.176. The largest absolute Gasteiger partial charge is 0.490 e. The zero-order valence-corrected chi connectivity index (χ0v) is 10.5. The van der Waals surface area contributed by atoms with Crippen LogP contribution in [0.5, 0.6) is 5.75 Å². The number of rotatable bonds is 0. The Morgan fingerprint density at radius 1 is 1.22 bits per heavy atom. The summed E-state index contributed by atoms with van der Waals surface area (Å²) >= 11 is 0. The van der Waals surface area contributed by atoms with Gasteiger partial charge < -0.3 is 9.47 Å². The van der Waals surface area contributed by atoms with E-state index in [2.05, 4.69) is 4.72 Å². The molecule has 100 valence electrons. The first-order valence-corrected chi connectivity index (χ1v) is 7.08. The van der Waals surface area contributed by atoms with Gasteiger partial charge in [-0.1, -0.05) is 0 Å². The second-order valence-corrected chi connectivity index (χ2v) is 5.54. The highest BCUT2D eigenvalue weighted by Gasteiger charge is 2.20. The SMILES string of the molecule is O=S1(=O)NCCCOCCOc2ccc(F)cc21. The van der Waals surface area contributed by atoms with E-state index in [1.54, 1.807) is 0 Å². The monoisotopic (exact) mass is 275 g/mol. The fraction of sp³-hybridized carbons (Fsp3) is 0.455. The highest BCUT2D eigenvalue weighted by molar-refractivity contribution is 7.89. The van der Waals surface area contributed by atoms with Crippen LogP contribution in [0.15, 0.2) is 23.1 Å². The summed E-state index contributed by atoms with van der Waals surface area (Å²) in [6.07, 6.45) is 0.559. The standard InChI is InChI=1S/C11H14FNO4S/c12-9-2-3-10-11(8-9)18(14,15)13-4-1-5-16-6-7-17-10/h2-3,8,13H,1,4-7H2. The molecule has 2 rings (SSSR count). The molecule has 0 aromatic heterocycles. The fourth-order valence-corrected chi connectivity index (χ4v) is 2.81. The van der Waals surface area contributed by atoms with Crippen LogP contribution in [-0.2, 0) is 14.8 Å². The number of hydrogen-bond acceptors (Lipinski definition) is 4. The van der Waals surface area contributed by atoms with Gasteiger partial charge in [0.1, 0.15) is 23.1 Å². The van der Waals surface area contributed by atoms with Crippen molar-refractivity contribution in [1.29, 1.82) is 0 Å². The maximum Gasteiger partial charge on any atom is 0.244 e. The first kappa shape index (κ1) is 13.3. The highest BCUT2D eigenvalue weighted by Crippen LogP contribution is 2.24. The zero-order chi connectivity index (χ0) is 13.0. The Kier molecular flexibility index (Phi) is 4.15. The van der Waals surface area contributed by atoms with Crippen molar-refractivity contribution in [3.63, 3.8) is 0 Å². The van der Waals surface area contributed by atoms with Crippen molar-refractivity contribution in [3.05, 3.63) is 24.0 Å². The van der Waals surface area contributed by atoms with E-state index in [0.29, 0.717) is 19.6 Å². The van der Waals surface area contributed by atoms with Crippen molar-refractivity contribution in [2.24, 2.45) is 0 Å². The Bertz CT molecular complexity index is 518. The van der Waals surface area contributed by atoms with Crippen molar-refractivity contribution in [1.82, 2.24) is 4.72 Å². The number of hydrogen-bond donors (Lipinski definition) is 1. The third-order valence-electron chi connectivity index (χ3n) is 2.44. The van der Waals surface area contributed by atoms with Gasteiger partial charge in [0.25, 0.3) is 0 Å². The first-order chi connectivity index (χ1) is 8.59. The van der Waals surface area contributed by atoms with Crippen LogP contribution in [0.3, 0.4) is 0 Å². The van der Waals surface area contributed by atoms with E-state index in [0.717, 1.165) is 12.1 Å². The average Bonchev–Trinajstić information content (AvgIpc) is 2.35. The lowest BCUT2D eigenvalue weighted by Gasteiger charge is -2.11. The van der Waals surface area contributed by atoms with Gasteiger partial charge in [0.05, 0.1) is 6.61 Å². The van der Waals surface area contributed by atoms with E-state index < -0.39 is 15.8 Å². The Morgan fingerprint density at radius 2 is 2.06 bits per heavy atom. The summed E-state index contributed by atoms with van der Waals surface area (Å²) in [6, 6.07) is 3.42. The van der Waals surface area contributed by atoms with E-state index in [1.807, 2.05) is 0 Å². The summed E-state index contributed by atoms with van der Waals surface area (Å²) in [6.45, 7) is 1.31. The maximum absolute atomic E-state index is 13.2. The fourth-order valence-electron chi connectivity index (χ4n) is 1.58. The molecule has 0 bridgehead atoms. The maximum atomic E-state index is 13.2. The predicted molar refractivity (Wildman–Crippen MR) is 62.5 cm³/mol. The van der Waals surface area contributed by atoms with E-state index in [9.17, 15) is 12.8 Å². The highest BCUT2D eigenvalue weighted by atomic mass is 32.2. The summed E-state index contributed by atoms with van der Waals surface area (Å²) in [5.41, 5.74) is 0. The number of benzene rings is 1. The molecule has 0 aliphatic carbocycles. The quantitative estimate of drug-likeness (QED) is 0.764. The van der Waals surface area contributed by atoms with Crippen LogP contribution >= 0.6 is 0 Å². The van der Waals surface area contributed by atoms with Gasteiger partial charge >= 0.3 is 0 Å². The van der Waals surface area contributed by atoms with Crippen molar-refractivity contribution < 1.29 is 22.3 Å². The van der Waals surface area contributed by atoms with Gasteiger partial charge in [0.2, 0.25) is 10.0 Å². The van der Waals surface area contributed by atoms with Crippen molar-refractivity contribution >= 4 is 10.0 Å². The van der Waals surface area contributed by atoms with Crippen molar-refractivity contribution in [2.45, 2.75) is 11.3 Å². The van der Waals surface area contributed by atoms with Crippen molar-refractivity contribution in [2.75, 3.05) is 26.4 Å². The first-order valence-electron chi connectivity index (χ1n) is 5.59. The smallest absolute Gasteiger partial charge is 0.244 e. The molecule has 1 aromatic rings. The number of ether oxygens (including phenoxy) is 2. The summed E-state index contributed by atoms with van der Waals surface area (Å²) < 4.78 is 50.0. The van der Waals surface area contributed by atoms with Crippen LogP contribution in [-0.4, -0.2) is 34.8 Å². The van der Waals surface area contributed by atoms with Gasteiger partial charge in [-0.25, -0.2) is 17.5 Å². The van der Waals surface area contributed by atoms with Crippen LogP contribution in [0.2, 0.25) is 0 Å². The molecule has 0 saturated heterocycles. The molecule has 18 heavy (non-hydrogen) atoms. The van der Waals surface area contributed by atoms with Crippen LogP contribution in [0.1, 0.15) is 6.42 Å². The Morgan fingerprint density at radius 3 is 2.89 bits per heavy atom. The van der Waals surface area contributed by atoms with Gasteiger partial charge in [-0.05, 0) is 24.6 Å². The molecule has 7 heteroatoms. The van der Waals surface area contributed by atoms with E-state index in [-0.39, 0.29) is 23.8 Å². The molecule has 1 aliphatic heterocycles. The summed E-state index contributed by atoms with van der Waals surface area (Å²) in [5, 5.41) is 0. The molecule has 0 unspecified atom stereocenters. The van der Waals surface area contributed by atoms with Crippen LogP contribution in [0.25, 0.3) is 0 Å². The topological polar surface area (TPSA) is 64.6 Å². The zero-order valence-electron chi connectivity index (χ0n) is 9.69. The molecule has 1 aromatic carbocycles. The number of halogens is 1. The normalized spacial score (nSPS) is 20.3. The van der Waals surface area contributed by atoms with Crippen LogP contribution in [0, 0.1) is 5.82 Å². The summed E-state index contributed by atoms with van der Waals surface area (Å²) in [5.74, 6) is -0.483. The average molecular weight is 275 g/mol. The van der Waals surface area contributed by atoms with Gasteiger partial charge in [-0.15, -0.1) is 0 Å². The minimum Gasteiger partial charge on any atom is -0.490 e. The molecule has 1 aliphatic rings. The van der Waals surface area contributed by atoms with E-state index in [1.165, 1.54) is 6.07 Å². The Labute approximate surface area is 105 Å². The lowest BCUT2D eigenvalue weighted by Crippen LogP contribution is -2.25. The molecule has 1 heterocycles.